The number of hydrogen-bond acceptors (Lipinski definition) is 4. The summed E-state index contributed by atoms with van der Waals surface area (Å²) in [5.41, 5.74) is 1.09. The molecule has 1 aromatic rings. The van der Waals surface area contributed by atoms with Gasteiger partial charge in [0.25, 0.3) is 0 Å². The minimum absolute atomic E-state index is 0.0130. The monoisotopic (exact) mass is 308 g/mol. The van der Waals surface area contributed by atoms with Gasteiger partial charge in [0.15, 0.2) is 0 Å². The second-order valence-corrected chi connectivity index (χ2v) is 6.14. The highest BCUT2D eigenvalue weighted by Crippen LogP contribution is 2.11. The first-order chi connectivity index (χ1) is 10.3. The van der Waals surface area contributed by atoms with E-state index < -0.39 is 0 Å². The van der Waals surface area contributed by atoms with Crippen LogP contribution >= 0.6 is 11.3 Å². The van der Waals surface area contributed by atoms with E-state index in [0.29, 0.717) is 6.04 Å². The van der Waals surface area contributed by atoms with Crippen LogP contribution in [0.2, 0.25) is 0 Å². The minimum Gasteiger partial charge on any atom is -0.385 e. The molecular weight excluding hydrogens is 284 g/mol. The molecule has 0 bridgehead atoms. The third-order valence-electron chi connectivity index (χ3n) is 3.73. The first kappa shape index (κ1) is 16.2. The van der Waals surface area contributed by atoms with Crippen LogP contribution in [0.1, 0.15) is 24.8 Å². The molecule has 0 radical (unpaired) electrons. The van der Waals surface area contributed by atoms with Gasteiger partial charge in [-0.3, -0.25) is 4.79 Å². The lowest BCUT2D eigenvalue weighted by Gasteiger charge is -2.32. The zero-order valence-electron chi connectivity index (χ0n) is 12.6. The summed E-state index contributed by atoms with van der Waals surface area (Å²) in [5, 5.41) is 7.14. The topological polar surface area (TPSA) is 41.6 Å². The van der Waals surface area contributed by atoms with E-state index in [-0.39, 0.29) is 5.91 Å². The highest BCUT2D eigenvalue weighted by atomic mass is 32.1. The molecule has 2 rings (SSSR count). The van der Waals surface area contributed by atoms with E-state index in [2.05, 4.69) is 10.2 Å². The van der Waals surface area contributed by atoms with E-state index in [9.17, 15) is 4.79 Å². The second-order valence-electron chi connectivity index (χ2n) is 5.36. The maximum absolute atomic E-state index is 11.9. The van der Waals surface area contributed by atoms with E-state index in [1.54, 1.807) is 24.5 Å². The fourth-order valence-corrected chi connectivity index (χ4v) is 3.15. The number of carbonyl (C=O) groups excluding carboxylic acids is 1. The van der Waals surface area contributed by atoms with Crippen molar-refractivity contribution in [2.75, 3.05) is 33.4 Å². The number of rotatable bonds is 7. The van der Waals surface area contributed by atoms with Crippen molar-refractivity contribution in [2.45, 2.75) is 25.3 Å². The van der Waals surface area contributed by atoms with Crippen molar-refractivity contribution in [2.24, 2.45) is 0 Å². The lowest BCUT2D eigenvalue weighted by Crippen LogP contribution is -2.44. The molecule has 1 fully saturated rings. The Balaban J connectivity index is 1.65. The summed E-state index contributed by atoms with van der Waals surface area (Å²) < 4.78 is 5.07. The van der Waals surface area contributed by atoms with Crippen molar-refractivity contribution in [3.8, 4) is 0 Å². The molecule has 1 aliphatic heterocycles. The zero-order chi connectivity index (χ0) is 14.9. The van der Waals surface area contributed by atoms with Crippen LogP contribution in [0.25, 0.3) is 6.08 Å². The number of piperidine rings is 1. The molecule has 0 aromatic carbocycles. The van der Waals surface area contributed by atoms with Gasteiger partial charge in [0.1, 0.15) is 0 Å². The zero-order valence-corrected chi connectivity index (χ0v) is 13.4. The van der Waals surface area contributed by atoms with Crippen molar-refractivity contribution in [3.05, 3.63) is 28.5 Å². The molecule has 0 aliphatic carbocycles. The Morgan fingerprint density at radius 2 is 2.33 bits per heavy atom. The molecule has 2 heterocycles. The van der Waals surface area contributed by atoms with Gasteiger partial charge < -0.3 is 15.0 Å². The molecule has 4 nitrogen and oxygen atoms in total. The Hall–Kier alpha value is -1.17. The molecule has 116 valence electrons. The Labute approximate surface area is 130 Å². The van der Waals surface area contributed by atoms with E-state index in [0.717, 1.165) is 51.1 Å². The predicted octanol–water partition coefficient (Wildman–Crippen LogP) is 2.38. The summed E-state index contributed by atoms with van der Waals surface area (Å²) in [6, 6.07) is 2.32. The highest BCUT2D eigenvalue weighted by Gasteiger charge is 2.19. The van der Waals surface area contributed by atoms with Crippen molar-refractivity contribution < 1.29 is 9.53 Å². The van der Waals surface area contributed by atoms with Gasteiger partial charge in [0, 0.05) is 45.5 Å². The molecule has 0 spiro atoms. The van der Waals surface area contributed by atoms with Crippen LogP contribution in [0.4, 0.5) is 0 Å². The van der Waals surface area contributed by atoms with E-state index >= 15 is 0 Å². The van der Waals surface area contributed by atoms with Gasteiger partial charge in [-0.25, -0.2) is 0 Å². The fourth-order valence-electron chi connectivity index (χ4n) is 2.52. The first-order valence-electron chi connectivity index (χ1n) is 7.50. The molecule has 5 heteroatoms. The van der Waals surface area contributed by atoms with Gasteiger partial charge in [0.2, 0.25) is 5.91 Å². The number of amides is 1. The summed E-state index contributed by atoms with van der Waals surface area (Å²) in [7, 11) is 1.74. The molecule has 1 aliphatic rings. The second kappa shape index (κ2) is 8.97. The van der Waals surface area contributed by atoms with Gasteiger partial charge in [0.05, 0.1) is 0 Å². The maximum Gasteiger partial charge on any atom is 0.244 e. The van der Waals surface area contributed by atoms with Crippen LogP contribution in [0.3, 0.4) is 0 Å². The lowest BCUT2D eigenvalue weighted by atomic mass is 10.0. The van der Waals surface area contributed by atoms with Crippen LogP contribution in [0, 0.1) is 0 Å². The summed E-state index contributed by atoms with van der Waals surface area (Å²) >= 11 is 1.64. The van der Waals surface area contributed by atoms with Gasteiger partial charge >= 0.3 is 0 Å². The molecule has 0 saturated carbocycles. The summed E-state index contributed by atoms with van der Waals surface area (Å²) in [5.74, 6) is 0.0130. The van der Waals surface area contributed by atoms with Gasteiger partial charge in [-0.15, -0.1) is 0 Å². The third-order valence-corrected chi connectivity index (χ3v) is 4.43. The number of thiophene rings is 1. The highest BCUT2D eigenvalue weighted by molar-refractivity contribution is 7.08. The average Bonchev–Trinajstić information content (AvgIpc) is 3.01. The first-order valence-corrected chi connectivity index (χ1v) is 8.44. The van der Waals surface area contributed by atoms with E-state index in [4.69, 9.17) is 4.74 Å². The number of likely N-dealkylation sites (tertiary alicyclic amines) is 1. The molecule has 1 saturated heterocycles. The molecule has 1 N–H and O–H groups in total. The number of carbonyl (C=O) groups is 1. The Kier molecular flexibility index (Phi) is 6.92. The van der Waals surface area contributed by atoms with Crippen molar-refractivity contribution in [1.29, 1.82) is 0 Å². The lowest BCUT2D eigenvalue weighted by molar-refractivity contribution is -0.117. The Bertz CT molecular complexity index is 437. The van der Waals surface area contributed by atoms with Crippen molar-refractivity contribution >= 4 is 23.3 Å². The van der Waals surface area contributed by atoms with Crippen molar-refractivity contribution in [3.63, 3.8) is 0 Å². The van der Waals surface area contributed by atoms with E-state index in [1.807, 2.05) is 22.9 Å². The number of nitrogens with one attached hydrogen (secondary N) is 1. The molecule has 0 unspecified atom stereocenters. The predicted molar refractivity (Wildman–Crippen MR) is 87.5 cm³/mol. The van der Waals surface area contributed by atoms with Crippen molar-refractivity contribution in [1.82, 2.24) is 10.2 Å². The molecule has 0 atom stereocenters. The Morgan fingerprint density at radius 3 is 3.00 bits per heavy atom. The number of methoxy groups -OCH3 is 1. The van der Waals surface area contributed by atoms with Crippen LogP contribution < -0.4 is 5.32 Å². The van der Waals surface area contributed by atoms with Crippen LogP contribution in [-0.4, -0.2) is 50.2 Å². The average molecular weight is 308 g/mol. The fraction of sp³-hybridized carbons (Fsp3) is 0.562. The minimum atomic E-state index is 0.0130. The van der Waals surface area contributed by atoms with Gasteiger partial charge in [-0.05, 0) is 47.7 Å². The normalized spacial score (nSPS) is 17.4. The summed E-state index contributed by atoms with van der Waals surface area (Å²) in [6.45, 7) is 4.03. The molecule has 1 amide bonds. The molecular formula is C16H24N2O2S. The summed E-state index contributed by atoms with van der Waals surface area (Å²) in [4.78, 5) is 14.3. The number of ether oxygens (including phenoxy) is 1. The maximum atomic E-state index is 11.9. The largest absolute Gasteiger partial charge is 0.385 e. The van der Waals surface area contributed by atoms with Crippen LogP contribution in [0.5, 0.6) is 0 Å². The Morgan fingerprint density at radius 1 is 1.52 bits per heavy atom. The van der Waals surface area contributed by atoms with Gasteiger partial charge in [-0.2, -0.15) is 11.3 Å². The standard InChI is InChI=1S/C16H24N2O2S/c1-20-11-2-8-18-9-5-15(6-10-18)17-16(19)4-3-14-7-12-21-13-14/h3-4,7,12-13,15H,2,5-6,8-11H2,1H3,(H,17,19)/b4-3+. The number of hydrogen-bond donors (Lipinski definition) is 1. The molecule has 21 heavy (non-hydrogen) atoms. The van der Waals surface area contributed by atoms with Crippen LogP contribution in [0.15, 0.2) is 22.9 Å². The third kappa shape index (κ3) is 5.99. The number of nitrogens with zero attached hydrogens (tertiary/aromatic N) is 1. The summed E-state index contributed by atoms with van der Waals surface area (Å²) in [6.07, 6.45) is 6.64. The van der Waals surface area contributed by atoms with Crippen LogP contribution in [-0.2, 0) is 9.53 Å². The molecule has 1 aromatic heterocycles. The SMILES string of the molecule is COCCCN1CCC(NC(=O)/C=C/c2ccsc2)CC1. The quantitative estimate of drug-likeness (QED) is 0.621. The van der Waals surface area contributed by atoms with Gasteiger partial charge in [-0.1, -0.05) is 0 Å². The smallest absolute Gasteiger partial charge is 0.244 e. The van der Waals surface area contributed by atoms with E-state index in [1.165, 1.54) is 0 Å².